The Morgan fingerprint density at radius 1 is 1.03 bits per heavy atom. The second-order valence-corrected chi connectivity index (χ2v) is 8.19. The molecule has 32 heavy (non-hydrogen) atoms. The van der Waals surface area contributed by atoms with E-state index >= 15 is 0 Å². The molecule has 1 aliphatic carbocycles. The fraction of sp³-hybridized carbons (Fsp3) is 0.333. The third-order valence-corrected chi connectivity index (χ3v) is 6.00. The molecule has 2 aromatic carbocycles. The highest BCUT2D eigenvalue weighted by atomic mass is 19.1. The smallest absolute Gasteiger partial charge is 0.338 e. The maximum atomic E-state index is 13.2. The summed E-state index contributed by atoms with van der Waals surface area (Å²) in [4.78, 5) is 51.0. The monoisotopic (exact) mass is 438 g/mol. The molecule has 1 aliphatic heterocycles. The maximum absolute atomic E-state index is 13.2. The van der Waals surface area contributed by atoms with Gasteiger partial charge in [-0.25, -0.2) is 14.1 Å². The van der Waals surface area contributed by atoms with Crippen LogP contribution in [0, 0.1) is 11.7 Å². The lowest BCUT2D eigenvalue weighted by atomic mass is 9.86. The minimum atomic E-state index is -0.764. The van der Waals surface area contributed by atoms with E-state index in [1.165, 1.54) is 30.3 Å². The first-order valence-corrected chi connectivity index (χ1v) is 10.6. The zero-order chi connectivity index (χ0) is 22.8. The molecule has 0 radical (unpaired) electrons. The van der Waals surface area contributed by atoms with Gasteiger partial charge in [0.15, 0.2) is 6.61 Å². The fourth-order valence-electron chi connectivity index (χ4n) is 4.19. The molecule has 0 saturated heterocycles. The lowest BCUT2D eigenvalue weighted by Gasteiger charge is -2.29. The van der Waals surface area contributed by atoms with Crippen LogP contribution in [0.4, 0.5) is 10.1 Å². The van der Waals surface area contributed by atoms with Gasteiger partial charge >= 0.3 is 5.97 Å². The van der Waals surface area contributed by atoms with Crippen molar-refractivity contribution in [3.63, 3.8) is 0 Å². The normalized spacial score (nSPS) is 20.1. The summed E-state index contributed by atoms with van der Waals surface area (Å²) in [6, 6.07) is 9.08. The molecule has 1 heterocycles. The van der Waals surface area contributed by atoms with Crippen LogP contribution in [-0.4, -0.2) is 36.3 Å². The van der Waals surface area contributed by atoms with Crippen LogP contribution in [-0.2, 0) is 9.53 Å². The molecule has 0 unspecified atom stereocenters. The number of benzene rings is 2. The van der Waals surface area contributed by atoms with Gasteiger partial charge in [0.1, 0.15) is 5.82 Å². The van der Waals surface area contributed by atoms with Gasteiger partial charge in [-0.05, 0) is 61.2 Å². The number of fused-ring (bicyclic) bond motifs is 1. The molecule has 1 saturated carbocycles. The summed E-state index contributed by atoms with van der Waals surface area (Å²) in [5, 5.41) is 2.91. The molecule has 1 fully saturated rings. The molecule has 166 valence electrons. The molecule has 8 heteroatoms. The quantitative estimate of drug-likeness (QED) is 0.570. The molecular formula is C24H23FN2O5. The van der Waals surface area contributed by atoms with Gasteiger partial charge in [0.2, 0.25) is 0 Å². The fourth-order valence-corrected chi connectivity index (χ4v) is 4.19. The first-order chi connectivity index (χ1) is 15.3. The van der Waals surface area contributed by atoms with E-state index in [-0.39, 0.29) is 34.3 Å². The Morgan fingerprint density at radius 3 is 2.44 bits per heavy atom. The zero-order valence-electron chi connectivity index (χ0n) is 17.6. The Morgan fingerprint density at radius 2 is 1.72 bits per heavy atom. The summed E-state index contributed by atoms with van der Waals surface area (Å²) in [6.07, 6.45) is 4.18. The van der Waals surface area contributed by atoms with Crippen molar-refractivity contribution in [3.05, 3.63) is 65.0 Å². The number of imide groups is 1. The van der Waals surface area contributed by atoms with Crippen molar-refractivity contribution in [1.82, 2.24) is 5.32 Å². The summed E-state index contributed by atoms with van der Waals surface area (Å²) in [5.41, 5.74) is 0.481. The Hall–Kier alpha value is -3.55. The molecule has 3 amide bonds. The van der Waals surface area contributed by atoms with Gasteiger partial charge in [-0.1, -0.05) is 19.8 Å². The summed E-state index contributed by atoms with van der Waals surface area (Å²) < 4.78 is 18.3. The number of halogens is 1. The van der Waals surface area contributed by atoms with Gasteiger partial charge in [-0.2, -0.15) is 0 Å². The molecule has 2 aromatic rings. The van der Waals surface area contributed by atoms with Gasteiger partial charge in [0.05, 0.1) is 22.4 Å². The molecule has 2 atom stereocenters. The molecule has 2 aliphatic rings. The van der Waals surface area contributed by atoms with E-state index in [2.05, 4.69) is 12.2 Å². The first kappa shape index (κ1) is 21.7. The van der Waals surface area contributed by atoms with E-state index in [0.717, 1.165) is 42.7 Å². The summed E-state index contributed by atoms with van der Waals surface area (Å²) >= 11 is 0. The number of nitrogens with zero attached hydrogens (tertiary/aromatic N) is 1. The molecular weight excluding hydrogens is 415 g/mol. The Labute approximate surface area is 184 Å². The second kappa shape index (κ2) is 8.90. The number of hydrogen-bond acceptors (Lipinski definition) is 5. The first-order valence-electron chi connectivity index (χ1n) is 10.6. The van der Waals surface area contributed by atoms with Crippen LogP contribution in [0.15, 0.2) is 42.5 Å². The number of ether oxygens (including phenoxy) is 1. The molecule has 0 aromatic heterocycles. The van der Waals surface area contributed by atoms with Crippen molar-refractivity contribution in [2.45, 2.75) is 38.6 Å². The number of rotatable bonds is 5. The number of carbonyl (C=O) groups excluding carboxylic acids is 4. The second-order valence-electron chi connectivity index (χ2n) is 8.19. The topological polar surface area (TPSA) is 92.8 Å². The number of anilines is 1. The highest BCUT2D eigenvalue weighted by molar-refractivity contribution is 6.34. The lowest BCUT2D eigenvalue weighted by molar-refractivity contribution is -0.125. The summed E-state index contributed by atoms with van der Waals surface area (Å²) in [6.45, 7) is 1.67. The van der Waals surface area contributed by atoms with E-state index in [0.29, 0.717) is 5.92 Å². The molecule has 0 spiro atoms. The Bertz CT molecular complexity index is 1080. The van der Waals surface area contributed by atoms with Crippen molar-refractivity contribution in [2.75, 3.05) is 11.5 Å². The van der Waals surface area contributed by atoms with Gasteiger partial charge < -0.3 is 10.1 Å². The molecule has 4 rings (SSSR count). The Balaban J connectivity index is 1.42. The van der Waals surface area contributed by atoms with Crippen LogP contribution in [0.3, 0.4) is 0 Å². The van der Waals surface area contributed by atoms with E-state index in [9.17, 15) is 23.6 Å². The minimum absolute atomic E-state index is 0.0502. The molecule has 0 bridgehead atoms. The van der Waals surface area contributed by atoms with Crippen LogP contribution in [0.25, 0.3) is 0 Å². The van der Waals surface area contributed by atoms with Crippen LogP contribution < -0.4 is 10.2 Å². The van der Waals surface area contributed by atoms with Crippen LogP contribution in [0.5, 0.6) is 0 Å². The highest BCUT2D eigenvalue weighted by Gasteiger charge is 2.37. The van der Waals surface area contributed by atoms with E-state index in [1.54, 1.807) is 0 Å². The van der Waals surface area contributed by atoms with Crippen molar-refractivity contribution in [1.29, 1.82) is 0 Å². The average molecular weight is 438 g/mol. The predicted molar refractivity (Wildman–Crippen MR) is 114 cm³/mol. The number of carbonyl (C=O) groups is 4. The van der Waals surface area contributed by atoms with Crippen LogP contribution in [0.1, 0.15) is 63.7 Å². The van der Waals surface area contributed by atoms with Crippen LogP contribution >= 0.6 is 0 Å². The van der Waals surface area contributed by atoms with Gasteiger partial charge in [-0.3, -0.25) is 14.4 Å². The van der Waals surface area contributed by atoms with Crippen LogP contribution in [0.2, 0.25) is 0 Å². The summed E-state index contributed by atoms with van der Waals surface area (Å²) in [7, 11) is 0. The third-order valence-electron chi connectivity index (χ3n) is 6.00. The summed E-state index contributed by atoms with van der Waals surface area (Å²) in [5.74, 6) is -2.41. The number of esters is 1. The largest absolute Gasteiger partial charge is 0.452 e. The third kappa shape index (κ3) is 4.26. The number of hydrogen-bond donors (Lipinski definition) is 1. The van der Waals surface area contributed by atoms with E-state index < -0.39 is 30.2 Å². The lowest BCUT2D eigenvalue weighted by Crippen LogP contribution is -2.42. The number of amides is 3. The van der Waals surface area contributed by atoms with E-state index in [4.69, 9.17) is 4.74 Å². The van der Waals surface area contributed by atoms with Gasteiger partial charge in [0, 0.05) is 6.04 Å². The van der Waals surface area contributed by atoms with Gasteiger partial charge in [0.25, 0.3) is 17.7 Å². The van der Waals surface area contributed by atoms with Crippen molar-refractivity contribution >= 4 is 29.4 Å². The van der Waals surface area contributed by atoms with E-state index in [1.807, 2.05) is 0 Å². The molecule has 7 nitrogen and oxygen atoms in total. The molecule has 1 N–H and O–H groups in total. The SMILES string of the molecule is C[C@@H]1CCCC[C@@H]1NC(=O)COC(=O)c1ccc2c(c1)C(=O)N(c1ccc(F)cc1)C2=O. The zero-order valence-corrected chi connectivity index (χ0v) is 17.6. The average Bonchev–Trinajstić information content (AvgIpc) is 3.04. The Kier molecular flexibility index (Phi) is 6.03. The minimum Gasteiger partial charge on any atom is -0.452 e. The van der Waals surface area contributed by atoms with Crippen molar-refractivity contribution in [2.24, 2.45) is 5.92 Å². The highest BCUT2D eigenvalue weighted by Crippen LogP contribution is 2.29. The van der Waals surface area contributed by atoms with Crippen molar-refractivity contribution < 1.29 is 28.3 Å². The maximum Gasteiger partial charge on any atom is 0.338 e. The number of nitrogens with one attached hydrogen (secondary N) is 1. The standard InChI is InChI=1S/C24H23FN2O5/c1-14-4-2-3-5-20(14)26-21(28)13-32-24(31)15-6-11-18-19(12-15)23(30)27(22(18)29)17-9-7-16(25)8-10-17/h6-12,14,20H,2-5,13H2,1H3,(H,26,28)/t14-,20+/m1/s1. The van der Waals surface area contributed by atoms with Crippen molar-refractivity contribution in [3.8, 4) is 0 Å². The predicted octanol–water partition coefficient (Wildman–Crippen LogP) is 3.48. The van der Waals surface area contributed by atoms with Gasteiger partial charge in [-0.15, -0.1) is 0 Å².